The predicted octanol–water partition coefficient (Wildman–Crippen LogP) is 5.70. The molecule has 1 unspecified atom stereocenters. The minimum Gasteiger partial charge on any atom is -0.459 e. The zero-order valence-corrected chi connectivity index (χ0v) is 21.1. The van der Waals surface area contributed by atoms with Crippen LogP contribution in [0.5, 0.6) is 11.5 Å². The van der Waals surface area contributed by atoms with Gasteiger partial charge in [-0.3, -0.25) is 19.3 Å². The van der Waals surface area contributed by atoms with Gasteiger partial charge in [-0.2, -0.15) is 0 Å². The Morgan fingerprint density at radius 3 is 2.35 bits per heavy atom. The third-order valence-electron chi connectivity index (χ3n) is 6.72. The third-order valence-corrected chi connectivity index (χ3v) is 6.98. The highest BCUT2D eigenvalue weighted by molar-refractivity contribution is 6.30. The van der Waals surface area contributed by atoms with Crippen LogP contribution in [0.4, 0.5) is 5.69 Å². The summed E-state index contributed by atoms with van der Waals surface area (Å²) in [5.41, 5.74) is 0.968. The first kappa shape index (κ1) is 24.9. The van der Waals surface area contributed by atoms with Gasteiger partial charge in [0.2, 0.25) is 12.7 Å². The zero-order chi connectivity index (χ0) is 25.9. The van der Waals surface area contributed by atoms with Gasteiger partial charge in [0.1, 0.15) is 6.04 Å². The molecular weight excluding hydrogens is 496 g/mol. The molecule has 8 nitrogen and oxygen atoms in total. The van der Waals surface area contributed by atoms with Crippen LogP contribution >= 0.6 is 11.6 Å². The van der Waals surface area contributed by atoms with Crippen molar-refractivity contribution in [1.82, 2.24) is 5.32 Å². The molecular formula is C28H27ClN2O6. The maximum Gasteiger partial charge on any atom is 0.294 e. The Bertz CT molecular complexity index is 1300. The Kier molecular flexibility index (Phi) is 7.19. The first-order valence-corrected chi connectivity index (χ1v) is 12.7. The van der Waals surface area contributed by atoms with E-state index in [9.17, 15) is 14.4 Å². The second-order valence-electron chi connectivity index (χ2n) is 9.23. The summed E-state index contributed by atoms with van der Waals surface area (Å²) in [4.78, 5) is 42.1. The Morgan fingerprint density at radius 1 is 1.00 bits per heavy atom. The number of ether oxygens (including phenoxy) is 2. The lowest BCUT2D eigenvalue weighted by Gasteiger charge is -2.34. The number of nitrogens with zero attached hydrogens (tertiary/aromatic N) is 1. The first-order valence-electron chi connectivity index (χ1n) is 12.3. The number of fused-ring (bicyclic) bond motifs is 1. The van der Waals surface area contributed by atoms with Gasteiger partial charge in [0, 0.05) is 22.7 Å². The molecule has 1 N–H and O–H groups in total. The molecule has 1 aliphatic heterocycles. The van der Waals surface area contributed by atoms with Gasteiger partial charge >= 0.3 is 0 Å². The predicted molar refractivity (Wildman–Crippen MR) is 137 cm³/mol. The van der Waals surface area contributed by atoms with Crippen LogP contribution < -0.4 is 19.7 Å². The van der Waals surface area contributed by atoms with Crippen molar-refractivity contribution >= 4 is 34.9 Å². The minimum atomic E-state index is -1.12. The average molecular weight is 523 g/mol. The van der Waals surface area contributed by atoms with Crippen LogP contribution in [0.3, 0.4) is 0 Å². The number of anilines is 1. The fourth-order valence-electron chi connectivity index (χ4n) is 4.89. The van der Waals surface area contributed by atoms with Crippen LogP contribution in [0.2, 0.25) is 5.02 Å². The lowest BCUT2D eigenvalue weighted by molar-refractivity contribution is -0.123. The highest BCUT2D eigenvalue weighted by Crippen LogP contribution is 2.42. The van der Waals surface area contributed by atoms with Crippen molar-refractivity contribution < 1.29 is 28.3 Å². The second-order valence-corrected chi connectivity index (χ2v) is 9.67. The molecule has 1 atom stereocenters. The van der Waals surface area contributed by atoms with Crippen LogP contribution in [0.1, 0.15) is 71.5 Å². The first-order chi connectivity index (χ1) is 17.9. The Morgan fingerprint density at radius 2 is 1.70 bits per heavy atom. The van der Waals surface area contributed by atoms with Crippen molar-refractivity contribution in [3.05, 3.63) is 76.7 Å². The number of benzene rings is 2. The number of Topliss-reactive ketones (excluding diaryl/α,β-unsaturated/α-hetero) is 1. The lowest BCUT2D eigenvalue weighted by Crippen LogP contribution is -2.47. The number of ketones is 1. The standard InChI is InChI=1S/C28H27ClN2O6/c1-17(32)21-14-24-25(37-16-36-24)15-22(21)31(28(34)23-8-5-13-35-23)26(18-9-11-19(29)12-10-18)27(33)30-20-6-3-2-4-7-20/h5,8-15,20,26H,2-4,6-7,16H2,1H3,(H,30,33). The highest BCUT2D eigenvalue weighted by atomic mass is 35.5. The number of nitrogens with one attached hydrogen (secondary N) is 1. The van der Waals surface area contributed by atoms with Gasteiger partial charge in [-0.25, -0.2) is 0 Å². The van der Waals surface area contributed by atoms with Crippen LogP contribution in [0.15, 0.2) is 59.2 Å². The maximum absolute atomic E-state index is 14.0. The summed E-state index contributed by atoms with van der Waals surface area (Å²) < 4.78 is 16.5. The van der Waals surface area contributed by atoms with Crippen LogP contribution in [0.25, 0.3) is 0 Å². The lowest BCUT2D eigenvalue weighted by atomic mass is 9.94. The summed E-state index contributed by atoms with van der Waals surface area (Å²) >= 11 is 6.15. The third kappa shape index (κ3) is 5.20. The van der Waals surface area contributed by atoms with E-state index in [1.54, 1.807) is 42.5 Å². The molecule has 1 fully saturated rings. The Labute approximate surface area is 219 Å². The van der Waals surface area contributed by atoms with Crippen LogP contribution in [-0.2, 0) is 4.79 Å². The molecule has 2 aromatic carbocycles. The smallest absolute Gasteiger partial charge is 0.294 e. The summed E-state index contributed by atoms with van der Waals surface area (Å²) in [6.07, 6.45) is 6.32. The monoisotopic (exact) mass is 522 g/mol. The van der Waals surface area contributed by atoms with Crippen molar-refractivity contribution in [1.29, 1.82) is 0 Å². The molecule has 192 valence electrons. The van der Waals surface area contributed by atoms with E-state index in [0.717, 1.165) is 32.1 Å². The molecule has 2 amide bonds. The summed E-state index contributed by atoms with van der Waals surface area (Å²) in [5.74, 6) is -0.440. The average Bonchev–Trinajstić information content (AvgIpc) is 3.59. The summed E-state index contributed by atoms with van der Waals surface area (Å²) in [5, 5.41) is 3.64. The quantitative estimate of drug-likeness (QED) is 0.400. The van der Waals surface area contributed by atoms with E-state index in [-0.39, 0.29) is 41.5 Å². The summed E-state index contributed by atoms with van der Waals surface area (Å²) in [7, 11) is 0. The minimum absolute atomic E-state index is 0.000599. The number of halogens is 1. The molecule has 3 aromatic rings. The second kappa shape index (κ2) is 10.7. The molecule has 1 saturated carbocycles. The zero-order valence-electron chi connectivity index (χ0n) is 20.4. The number of carbonyl (C=O) groups is 3. The van der Waals surface area contributed by atoms with E-state index in [0.29, 0.717) is 22.1 Å². The molecule has 9 heteroatoms. The molecule has 0 bridgehead atoms. The van der Waals surface area contributed by atoms with E-state index in [2.05, 4.69) is 5.32 Å². The molecule has 0 saturated heterocycles. The number of hydrogen-bond donors (Lipinski definition) is 1. The van der Waals surface area contributed by atoms with E-state index >= 15 is 0 Å². The number of rotatable bonds is 7. The molecule has 2 aliphatic rings. The molecule has 37 heavy (non-hydrogen) atoms. The van der Waals surface area contributed by atoms with Gasteiger partial charge < -0.3 is 19.2 Å². The van der Waals surface area contributed by atoms with E-state index < -0.39 is 11.9 Å². The number of amides is 2. The van der Waals surface area contributed by atoms with Gasteiger partial charge in [-0.15, -0.1) is 0 Å². The van der Waals surface area contributed by atoms with Crippen molar-refractivity contribution in [3.63, 3.8) is 0 Å². The summed E-state index contributed by atoms with van der Waals surface area (Å²) in [6.45, 7) is 1.39. The molecule has 5 rings (SSSR count). The van der Waals surface area contributed by atoms with Gasteiger partial charge in [0.15, 0.2) is 23.0 Å². The van der Waals surface area contributed by atoms with E-state index in [1.807, 2.05) is 0 Å². The molecule has 0 radical (unpaired) electrons. The SMILES string of the molecule is CC(=O)c1cc2c(cc1N(C(=O)c1ccco1)C(C(=O)NC1CCCCC1)c1ccc(Cl)cc1)OCO2. The number of hydrogen-bond acceptors (Lipinski definition) is 6. The van der Waals surface area contributed by atoms with Crippen molar-refractivity contribution in [3.8, 4) is 11.5 Å². The number of carbonyl (C=O) groups excluding carboxylic acids is 3. The van der Waals surface area contributed by atoms with Crippen LogP contribution in [0, 0.1) is 0 Å². The Hall–Kier alpha value is -3.78. The van der Waals surface area contributed by atoms with Gasteiger partial charge in [-0.05, 0) is 55.7 Å². The molecule has 1 aliphatic carbocycles. The molecule has 2 heterocycles. The van der Waals surface area contributed by atoms with Gasteiger partial charge in [-0.1, -0.05) is 43.0 Å². The molecule has 1 aromatic heterocycles. The van der Waals surface area contributed by atoms with Crippen molar-refractivity contribution in [2.75, 3.05) is 11.7 Å². The maximum atomic E-state index is 14.0. The topological polar surface area (TPSA) is 98.1 Å². The summed E-state index contributed by atoms with van der Waals surface area (Å²) in [6, 6.07) is 11.8. The van der Waals surface area contributed by atoms with E-state index in [1.165, 1.54) is 24.2 Å². The largest absolute Gasteiger partial charge is 0.459 e. The highest BCUT2D eigenvalue weighted by Gasteiger charge is 2.38. The van der Waals surface area contributed by atoms with Crippen molar-refractivity contribution in [2.24, 2.45) is 0 Å². The molecule has 0 spiro atoms. The van der Waals surface area contributed by atoms with Gasteiger partial charge in [0.25, 0.3) is 5.91 Å². The normalized spacial score (nSPS) is 15.7. The Balaban J connectivity index is 1.67. The fraction of sp³-hybridized carbons (Fsp3) is 0.321. The van der Waals surface area contributed by atoms with Crippen molar-refractivity contribution in [2.45, 2.75) is 51.1 Å². The van der Waals surface area contributed by atoms with Crippen LogP contribution in [-0.4, -0.2) is 30.4 Å². The van der Waals surface area contributed by atoms with E-state index in [4.69, 9.17) is 25.5 Å². The fourth-order valence-corrected chi connectivity index (χ4v) is 5.01. The van der Waals surface area contributed by atoms with Gasteiger partial charge in [0.05, 0.1) is 12.0 Å². The number of furan rings is 1.